The van der Waals surface area contributed by atoms with Crippen molar-refractivity contribution in [3.63, 3.8) is 0 Å². The second-order valence-electron chi connectivity index (χ2n) is 3.79. The van der Waals surface area contributed by atoms with E-state index in [4.69, 9.17) is 5.73 Å². The minimum Gasteiger partial charge on any atom is -0.330 e. The van der Waals surface area contributed by atoms with E-state index in [1.165, 1.54) is 5.56 Å². The summed E-state index contributed by atoms with van der Waals surface area (Å²) in [6.07, 6.45) is 2.22. The van der Waals surface area contributed by atoms with E-state index >= 15 is 0 Å². The maximum Gasteiger partial charge on any atom is 0.0647 e. The summed E-state index contributed by atoms with van der Waals surface area (Å²) < 4.78 is 0. The second kappa shape index (κ2) is 5.20. The average molecular weight is 193 g/mol. The molecule has 1 rings (SSSR count). The third-order valence-electron chi connectivity index (χ3n) is 2.32. The molecular weight excluding hydrogens is 174 g/mol. The summed E-state index contributed by atoms with van der Waals surface area (Å²) in [5.41, 5.74) is 6.88. The lowest BCUT2D eigenvalue weighted by atomic mass is 10.1. The molecule has 1 aromatic carbocycles. The number of aryl methyl sites for hydroxylation is 1. The van der Waals surface area contributed by atoms with Crippen molar-refractivity contribution in [1.29, 1.82) is 0 Å². The van der Waals surface area contributed by atoms with Crippen LogP contribution in [0, 0.1) is 0 Å². The Labute approximate surface area is 82.6 Å². The molecule has 0 fully saturated rings. The summed E-state index contributed by atoms with van der Waals surface area (Å²) in [4.78, 5) is 0. The minimum absolute atomic E-state index is 0.601. The number of rotatable bonds is 4. The summed E-state index contributed by atoms with van der Waals surface area (Å²) in [5, 5.41) is 1.55. The quantitative estimate of drug-likeness (QED) is 0.716. The van der Waals surface area contributed by atoms with E-state index < -0.39 is 8.80 Å². The summed E-state index contributed by atoms with van der Waals surface area (Å²) in [7, 11) is -0.601. The first-order valence-corrected chi connectivity index (χ1v) is 7.91. The Morgan fingerprint density at radius 1 is 1.15 bits per heavy atom. The average Bonchev–Trinajstić information content (AvgIpc) is 2.15. The molecule has 0 saturated carbocycles. The highest BCUT2D eigenvalue weighted by molar-refractivity contribution is 6.70. The van der Waals surface area contributed by atoms with Gasteiger partial charge in [0.05, 0.1) is 8.80 Å². The van der Waals surface area contributed by atoms with Crippen LogP contribution in [-0.4, -0.2) is 15.3 Å². The normalized spacial score (nSPS) is 10.8. The fourth-order valence-electron chi connectivity index (χ4n) is 1.38. The summed E-state index contributed by atoms with van der Waals surface area (Å²) in [5.74, 6) is 0. The van der Waals surface area contributed by atoms with E-state index in [2.05, 4.69) is 37.4 Å². The van der Waals surface area contributed by atoms with Crippen molar-refractivity contribution in [1.82, 2.24) is 0 Å². The first-order chi connectivity index (χ1) is 6.24. The van der Waals surface area contributed by atoms with Gasteiger partial charge in [-0.15, -0.1) is 0 Å². The zero-order valence-corrected chi connectivity index (χ0v) is 9.74. The Balaban J connectivity index is 2.59. The van der Waals surface area contributed by atoms with Gasteiger partial charge in [-0.2, -0.15) is 0 Å². The largest absolute Gasteiger partial charge is 0.330 e. The monoisotopic (exact) mass is 193 g/mol. The van der Waals surface area contributed by atoms with Crippen molar-refractivity contribution in [2.45, 2.75) is 25.9 Å². The fourth-order valence-corrected chi connectivity index (χ4v) is 2.34. The molecule has 0 aliphatic rings. The van der Waals surface area contributed by atoms with Gasteiger partial charge in [0.15, 0.2) is 0 Å². The second-order valence-corrected chi connectivity index (χ2v) is 6.76. The first-order valence-electron chi connectivity index (χ1n) is 5.03. The molecule has 0 atom stereocenters. The van der Waals surface area contributed by atoms with E-state index in [0.29, 0.717) is 0 Å². The van der Waals surface area contributed by atoms with Gasteiger partial charge < -0.3 is 5.73 Å². The molecule has 0 heterocycles. The van der Waals surface area contributed by atoms with Crippen LogP contribution in [0.15, 0.2) is 24.3 Å². The van der Waals surface area contributed by atoms with Gasteiger partial charge in [-0.3, -0.25) is 0 Å². The Hall–Kier alpha value is -0.603. The maximum absolute atomic E-state index is 5.46. The predicted molar refractivity (Wildman–Crippen MR) is 62.3 cm³/mol. The fraction of sp³-hybridized carbons (Fsp3) is 0.455. The molecule has 0 radical (unpaired) electrons. The van der Waals surface area contributed by atoms with Crippen LogP contribution in [0.2, 0.25) is 13.1 Å². The zero-order chi connectivity index (χ0) is 9.68. The van der Waals surface area contributed by atoms with Crippen LogP contribution >= 0.6 is 0 Å². The lowest BCUT2D eigenvalue weighted by molar-refractivity contribution is 0.833. The summed E-state index contributed by atoms with van der Waals surface area (Å²) in [6.45, 7) is 5.50. The van der Waals surface area contributed by atoms with E-state index in [9.17, 15) is 0 Å². The zero-order valence-electron chi connectivity index (χ0n) is 8.59. The van der Waals surface area contributed by atoms with Crippen LogP contribution in [0.5, 0.6) is 0 Å². The van der Waals surface area contributed by atoms with Crippen molar-refractivity contribution < 1.29 is 0 Å². The smallest absolute Gasteiger partial charge is 0.0647 e. The van der Waals surface area contributed by atoms with Crippen LogP contribution in [-0.2, 0) is 6.42 Å². The SMILES string of the molecule is C[SiH](C)c1ccc(CCCN)cc1. The summed E-state index contributed by atoms with van der Waals surface area (Å²) >= 11 is 0. The minimum atomic E-state index is -0.601. The number of hydrogen-bond acceptors (Lipinski definition) is 1. The molecule has 0 aromatic heterocycles. The van der Waals surface area contributed by atoms with Gasteiger partial charge in [0.25, 0.3) is 0 Å². The van der Waals surface area contributed by atoms with E-state index in [0.717, 1.165) is 19.4 Å². The topological polar surface area (TPSA) is 26.0 Å². The first kappa shape index (κ1) is 10.5. The molecule has 1 aromatic rings. The van der Waals surface area contributed by atoms with E-state index in [-0.39, 0.29) is 0 Å². The van der Waals surface area contributed by atoms with Crippen molar-refractivity contribution in [2.75, 3.05) is 6.54 Å². The predicted octanol–water partition coefficient (Wildman–Crippen LogP) is 1.27. The molecule has 0 aliphatic carbocycles. The molecule has 1 nitrogen and oxygen atoms in total. The molecular formula is C11H19NSi. The molecule has 2 heteroatoms. The molecule has 0 unspecified atom stereocenters. The van der Waals surface area contributed by atoms with E-state index in [1.54, 1.807) is 5.19 Å². The molecule has 0 bridgehead atoms. The van der Waals surface area contributed by atoms with Crippen molar-refractivity contribution in [2.24, 2.45) is 5.73 Å². The highest BCUT2D eigenvalue weighted by Crippen LogP contribution is 2.01. The lowest BCUT2D eigenvalue weighted by Crippen LogP contribution is -2.21. The van der Waals surface area contributed by atoms with Gasteiger partial charge in [-0.05, 0) is 24.9 Å². The molecule has 0 spiro atoms. The van der Waals surface area contributed by atoms with Crippen LogP contribution < -0.4 is 10.9 Å². The van der Waals surface area contributed by atoms with Crippen molar-refractivity contribution in [3.8, 4) is 0 Å². The highest BCUT2D eigenvalue weighted by Gasteiger charge is 1.99. The van der Waals surface area contributed by atoms with Crippen LogP contribution in [0.4, 0.5) is 0 Å². The number of benzene rings is 1. The molecule has 0 aliphatic heterocycles. The van der Waals surface area contributed by atoms with Gasteiger partial charge in [0.1, 0.15) is 0 Å². The molecule has 2 N–H and O–H groups in total. The molecule has 0 amide bonds. The molecule has 0 saturated heterocycles. The third-order valence-corrected chi connectivity index (χ3v) is 4.03. The number of hydrogen-bond donors (Lipinski definition) is 1. The molecule has 13 heavy (non-hydrogen) atoms. The van der Waals surface area contributed by atoms with Crippen LogP contribution in [0.25, 0.3) is 0 Å². The van der Waals surface area contributed by atoms with Gasteiger partial charge in [-0.1, -0.05) is 42.5 Å². The van der Waals surface area contributed by atoms with Crippen molar-refractivity contribution in [3.05, 3.63) is 29.8 Å². The Morgan fingerprint density at radius 3 is 2.23 bits per heavy atom. The van der Waals surface area contributed by atoms with Gasteiger partial charge in [0.2, 0.25) is 0 Å². The third kappa shape index (κ3) is 3.33. The van der Waals surface area contributed by atoms with Crippen molar-refractivity contribution >= 4 is 14.0 Å². The van der Waals surface area contributed by atoms with Gasteiger partial charge in [-0.25, -0.2) is 0 Å². The Kier molecular flexibility index (Phi) is 4.19. The number of nitrogens with two attached hydrogens (primary N) is 1. The Morgan fingerprint density at radius 2 is 1.77 bits per heavy atom. The van der Waals surface area contributed by atoms with Gasteiger partial charge in [0, 0.05) is 0 Å². The van der Waals surface area contributed by atoms with E-state index in [1.807, 2.05) is 0 Å². The maximum atomic E-state index is 5.46. The van der Waals surface area contributed by atoms with Crippen LogP contribution in [0.3, 0.4) is 0 Å². The Bertz CT molecular complexity index is 241. The lowest BCUT2D eigenvalue weighted by Gasteiger charge is -2.05. The standard InChI is InChI=1S/C11H19NSi/c1-13(2)11-7-5-10(6-8-11)4-3-9-12/h5-8,13H,3-4,9,12H2,1-2H3. The summed E-state index contributed by atoms with van der Waals surface area (Å²) in [6, 6.07) is 9.06. The van der Waals surface area contributed by atoms with Gasteiger partial charge >= 0.3 is 0 Å². The molecule has 72 valence electrons. The van der Waals surface area contributed by atoms with Crippen LogP contribution in [0.1, 0.15) is 12.0 Å². The highest BCUT2D eigenvalue weighted by atomic mass is 28.3.